The molecule has 0 rings (SSSR count). The molecule has 0 spiro atoms. The molecule has 0 amide bonds. The summed E-state index contributed by atoms with van der Waals surface area (Å²) < 4.78 is 0. The van der Waals surface area contributed by atoms with Crippen molar-refractivity contribution in [1.82, 2.24) is 0 Å². The summed E-state index contributed by atoms with van der Waals surface area (Å²) >= 11 is 0. The van der Waals surface area contributed by atoms with Gasteiger partial charge in [-0.25, -0.2) is 0 Å². The highest BCUT2D eigenvalue weighted by molar-refractivity contribution is 4.97. The predicted octanol–water partition coefficient (Wildman–Crippen LogP) is 2.46. The highest BCUT2D eigenvalue weighted by Gasteiger charge is 1.86. The van der Waals surface area contributed by atoms with E-state index in [2.05, 4.69) is 5.18 Å². The molecule has 2 heteroatoms. The van der Waals surface area contributed by atoms with Crippen molar-refractivity contribution in [3.63, 3.8) is 0 Å². The SMILES string of the molecule is CC/C=C(\CC)N=O. The third-order valence-corrected chi connectivity index (χ3v) is 0.919. The smallest absolute Gasteiger partial charge is 0.0806 e. The van der Waals surface area contributed by atoms with Crippen LogP contribution in [0.2, 0.25) is 0 Å². The fourth-order valence-electron chi connectivity index (χ4n) is 0.482. The van der Waals surface area contributed by atoms with Crippen molar-refractivity contribution in [3.05, 3.63) is 16.7 Å². The number of hydrogen-bond donors (Lipinski definition) is 0. The molecule has 46 valence electrons. The van der Waals surface area contributed by atoms with Gasteiger partial charge in [-0.15, -0.1) is 4.91 Å². The molecule has 0 aromatic carbocycles. The predicted molar refractivity (Wildman–Crippen MR) is 34.5 cm³/mol. The summed E-state index contributed by atoms with van der Waals surface area (Å²) in [6, 6.07) is 0. The van der Waals surface area contributed by atoms with E-state index in [1.807, 2.05) is 19.9 Å². The summed E-state index contributed by atoms with van der Waals surface area (Å²) in [7, 11) is 0. The Morgan fingerprint density at radius 3 is 2.38 bits per heavy atom. The molecular weight excluding hydrogens is 102 g/mol. The second-order valence-electron chi connectivity index (χ2n) is 1.55. The van der Waals surface area contributed by atoms with Crippen molar-refractivity contribution in [3.8, 4) is 0 Å². The highest BCUT2D eigenvalue weighted by Crippen LogP contribution is 2.01. The molecule has 0 aliphatic rings. The third kappa shape index (κ3) is 2.50. The van der Waals surface area contributed by atoms with Crippen molar-refractivity contribution in [2.45, 2.75) is 26.7 Å². The normalized spacial score (nSPS) is 11.5. The minimum absolute atomic E-state index is 0.660. The van der Waals surface area contributed by atoms with Crippen LogP contribution < -0.4 is 0 Å². The molecule has 0 aliphatic carbocycles. The zero-order valence-corrected chi connectivity index (χ0v) is 5.35. The first-order valence-corrected chi connectivity index (χ1v) is 2.87. The Morgan fingerprint density at radius 1 is 1.62 bits per heavy atom. The number of nitrogens with zero attached hydrogens (tertiary/aromatic N) is 1. The van der Waals surface area contributed by atoms with Crippen LogP contribution in [0.5, 0.6) is 0 Å². The number of allylic oxidation sites excluding steroid dienone is 2. The maximum atomic E-state index is 9.81. The van der Waals surface area contributed by atoms with E-state index < -0.39 is 0 Å². The first kappa shape index (κ1) is 7.34. The van der Waals surface area contributed by atoms with E-state index in [9.17, 15) is 4.91 Å². The summed E-state index contributed by atoms with van der Waals surface area (Å²) in [5.41, 5.74) is 0.660. The molecule has 8 heavy (non-hydrogen) atoms. The van der Waals surface area contributed by atoms with Crippen LogP contribution in [0, 0.1) is 4.91 Å². The van der Waals surface area contributed by atoms with Crippen molar-refractivity contribution in [2.75, 3.05) is 0 Å². The van der Waals surface area contributed by atoms with E-state index in [4.69, 9.17) is 0 Å². The monoisotopic (exact) mass is 113 g/mol. The molecule has 0 saturated carbocycles. The Hall–Kier alpha value is -0.660. The van der Waals surface area contributed by atoms with Crippen molar-refractivity contribution in [1.29, 1.82) is 0 Å². The van der Waals surface area contributed by atoms with Gasteiger partial charge in [0.1, 0.15) is 0 Å². The summed E-state index contributed by atoms with van der Waals surface area (Å²) in [5.74, 6) is 0. The molecule has 0 bridgehead atoms. The van der Waals surface area contributed by atoms with E-state index in [0.717, 1.165) is 12.8 Å². The van der Waals surface area contributed by atoms with Crippen LogP contribution in [0.3, 0.4) is 0 Å². The van der Waals surface area contributed by atoms with Crippen LogP contribution in [-0.2, 0) is 0 Å². The quantitative estimate of drug-likeness (QED) is 0.517. The van der Waals surface area contributed by atoms with Crippen molar-refractivity contribution < 1.29 is 0 Å². The molecule has 0 aromatic heterocycles. The summed E-state index contributed by atoms with van der Waals surface area (Å²) in [6.07, 6.45) is 3.49. The van der Waals surface area contributed by atoms with Gasteiger partial charge in [-0.1, -0.05) is 19.9 Å². The van der Waals surface area contributed by atoms with Crippen LogP contribution in [0.4, 0.5) is 0 Å². The third-order valence-electron chi connectivity index (χ3n) is 0.919. The molecule has 0 radical (unpaired) electrons. The lowest BCUT2D eigenvalue weighted by Gasteiger charge is -1.85. The van der Waals surface area contributed by atoms with Crippen molar-refractivity contribution in [2.24, 2.45) is 5.18 Å². The van der Waals surface area contributed by atoms with Gasteiger partial charge >= 0.3 is 0 Å². The van der Waals surface area contributed by atoms with Crippen LogP contribution in [-0.4, -0.2) is 0 Å². The van der Waals surface area contributed by atoms with Gasteiger partial charge in [0.2, 0.25) is 0 Å². The zero-order valence-electron chi connectivity index (χ0n) is 5.35. The van der Waals surface area contributed by atoms with Crippen LogP contribution in [0.25, 0.3) is 0 Å². The first-order valence-electron chi connectivity index (χ1n) is 2.87. The van der Waals surface area contributed by atoms with E-state index >= 15 is 0 Å². The van der Waals surface area contributed by atoms with E-state index in [-0.39, 0.29) is 0 Å². The van der Waals surface area contributed by atoms with Gasteiger partial charge in [0.25, 0.3) is 0 Å². The summed E-state index contributed by atoms with van der Waals surface area (Å²) in [4.78, 5) is 9.81. The lowest BCUT2D eigenvalue weighted by atomic mass is 10.3. The van der Waals surface area contributed by atoms with Crippen LogP contribution in [0.15, 0.2) is 16.9 Å². The fourth-order valence-corrected chi connectivity index (χ4v) is 0.482. The van der Waals surface area contributed by atoms with Crippen LogP contribution in [0.1, 0.15) is 26.7 Å². The van der Waals surface area contributed by atoms with Gasteiger partial charge in [0.05, 0.1) is 5.70 Å². The van der Waals surface area contributed by atoms with Gasteiger partial charge < -0.3 is 0 Å². The van der Waals surface area contributed by atoms with Gasteiger partial charge in [0.15, 0.2) is 0 Å². The minimum atomic E-state index is 0.660. The number of nitroso groups, excluding NO2 is 1. The fraction of sp³-hybridized carbons (Fsp3) is 0.667. The van der Waals surface area contributed by atoms with Gasteiger partial charge in [0, 0.05) is 0 Å². The van der Waals surface area contributed by atoms with E-state index in [1.165, 1.54) is 0 Å². The highest BCUT2D eigenvalue weighted by atomic mass is 16.3. The molecule has 0 unspecified atom stereocenters. The Labute approximate surface area is 49.6 Å². The summed E-state index contributed by atoms with van der Waals surface area (Å²) in [6.45, 7) is 3.91. The summed E-state index contributed by atoms with van der Waals surface area (Å²) in [5, 5.41) is 2.81. The molecule has 0 heterocycles. The Balaban J connectivity index is 3.66. The van der Waals surface area contributed by atoms with Gasteiger partial charge in [-0.3, -0.25) is 0 Å². The zero-order chi connectivity index (χ0) is 6.41. The molecular formula is C6H11NO. The van der Waals surface area contributed by atoms with E-state index in [0.29, 0.717) is 5.70 Å². The maximum Gasteiger partial charge on any atom is 0.0806 e. The minimum Gasteiger partial charge on any atom is -0.145 e. The van der Waals surface area contributed by atoms with Gasteiger partial charge in [-0.05, 0) is 18.0 Å². The molecule has 0 fully saturated rings. The lowest BCUT2D eigenvalue weighted by Crippen LogP contribution is -1.70. The second kappa shape index (κ2) is 4.50. The second-order valence-corrected chi connectivity index (χ2v) is 1.55. The molecule has 0 aliphatic heterocycles. The molecule has 0 saturated heterocycles. The van der Waals surface area contributed by atoms with Crippen molar-refractivity contribution >= 4 is 0 Å². The molecule has 0 aromatic rings. The maximum absolute atomic E-state index is 9.81. The Morgan fingerprint density at radius 2 is 2.25 bits per heavy atom. The lowest BCUT2D eigenvalue weighted by molar-refractivity contribution is 1.03. The Bertz CT molecular complexity index is 96.7. The van der Waals surface area contributed by atoms with Crippen LogP contribution >= 0.6 is 0 Å². The standard InChI is InChI=1S/C6H11NO/c1-3-5-6(4-2)7-8/h5H,3-4H2,1-2H3/b6-5+. The number of rotatable bonds is 3. The largest absolute Gasteiger partial charge is 0.145 e. The first-order chi connectivity index (χ1) is 3.85. The number of hydrogen-bond acceptors (Lipinski definition) is 2. The topological polar surface area (TPSA) is 29.4 Å². The average molecular weight is 113 g/mol. The molecule has 2 nitrogen and oxygen atoms in total. The molecule has 0 atom stereocenters. The Kier molecular flexibility index (Phi) is 4.13. The van der Waals surface area contributed by atoms with E-state index in [1.54, 1.807) is 0 Å². The molecule has 0 N–H and O–H groups in total. The van der Waals surface area contributed by atoms with Gasteiger partial charge in [-0.2, -0.15) is 0 Å². The average Bonchev–Trinajstić information content (AvgIpc) is 1.83.